The van der Waals surface area contributed by atoms with Crippen LogP contribution >= 0.6 is 34.5 Å². The van der Waals surface area contributed by atoms with Crippen molar-refractivity contribution in [2.45, 2.75) is 25.4 Å². The highest BCUT2D eigenvalue weighted by molar-refractivity contribution is 7.23. The average molecular weight is 482 g/mol. The fourth-order valence-electron chi connectivity index (χ4n) is 3.52. The van der Waals surface area contributed by atoms with Crippen molar-refractivity contribution in [1.82, 2.24) is 15.6 Å². The number of fused-ring (bicyclic) bond motifs is 2. The van der Waals surface area contributed by atoms with Crippen molar-refractivity contribution in [1.29, 1.82) is 0 Å². The lowest BCUT2D eigenvalue weighted by Crippen LogP contribution is -2.46. The van der Waals surface area contributed by atoms with E-state index in [1.165, 1.54) is 18.3 Å². The number of ether oxygens (including phenoxy) is 2. The van der Waals surface area contributed by atoms with Gasteiger partial charge >= 0.3 is 12.1 Å². The molecule has 3 aromatic rings. The molecule has 8 nitrogen and oxygen atoms in total. The second-order valence-corrected chi connectivity index (χ2v) is 8.96. The Labute approximate surface area is 190 Å². The zero-order chi connectivity index (χ0) is 22.1. The SMILES string of the molecule is CC(=O)OCC(=O)N[C@@H]1c2ccccc2C[C@H]1NC(=O)Oc1cc2sc(Cl)c(Cl)c2[nH]1. The number of aromatic amines is 1. The Kier molecular flexibility index (Phi) is 6.08. The van der Waals surface area contributed by atoms with Crippen molar-refractivity contribution < 1.29 is 23.9 Å². The number of hydrogen-bond donors (Lipinski definition) is 3. The van der Waals surface area contributed by atoms with Gasteiger partial charge in [0.05, 0.1) is 27.3 Å². The number of H-pyrrole nitrogens is 1. The van der Waals surface area contributed by atoms with Crippen LogP contribution in [0.5, 0.6) is 5.88 Å². The lowest BCUT2D eigenvalue weighted by molar-refractivity contribution is -0.146. The zero-order valence-corrected chi connectivity index (χ0v) is 18.5. The van der Waals surface area contributed by atoms with Crippen molar-refractivity contribution in [3.63, 3.8) is 0 Å². The minimum atomic E-state index is -0.687. The van der Waals surface area contributed by atoms with Crippen LogP contribution in [0.1, 0.15) is 24.1 Å². The van der Waals surface area contributed by atoms with Gasteiger partial charge in [-0.2, -0.15) is 0 Å². The molecule has 2 atom stereocenters. The molecule has 2 aromatic heterocycles. The van der Waals surface area contributed by atoms with Gasteiger partial charge in [-0.1, -0.05) is 47.5 Å². The van der Waals surface area contributed by atoms with Gasteiger partial charge in [0.2, 0.25) is 5.88 Å². The monoisotopic (exact) mass is 481 g/mol. The Morgan fingerprint density at radius 3 is 2.74 bits per heavy atom. The average Bonchev–Trinajstić information content (AvgIpc) is 3.34. The van der Waals surface area contributed by atoms with Crippen molar-refractivity contribution in [2.75, 3.05) is 6.61 Å². The molecule has 0 spiro atoms. The minimum Gasteiger partial charge on any atom is -0.456 e. The van der Waals surface area contributed by atoms with Crippen LogP contribution < -0.4 is 15.4 Å². The minimum absolute atomic E-state index is 0.225. The lowest BCUT2D eigenvalue weighted by atomic mass is 10.1. The third kappa shape index (κ3) is 4.63. The van der Waals surface area contributed by atoms with E-state index in [4.69, 9.17) is 32.7 Å². The van der Waals surface area contributed by atoms with E-state index < -0.39 is 36.7 Å². The number of carbonyl (C=O) groups is 3. The summed E-state index contributed by atoms with van der Waals surface area (Å²) in [5, 5.41) is 5.99. The van der Waals surface area contributed by atoms with E-state index >= 15 is 0 Å². The molecule has 1 aromatic carbocycles. The Hall–Kier alpha value is -2.75. The molecule has 0 unspecified atom stereocenters. The molecular formula is C20H17Cl2N3O5S. The summed E-state index contributed by atoms with van der Waals surface area (Å²) < 4.78 is 11.3. The quantitative estimate of drug-likeness (QED) is 0.477. The fraction of sp³-hybridized carbons (Fsp3) is 0.250. The Morgan fingerprint density at radius 2 is 2.00 bits per heavy atom. The third-order valence-electron chi connectivity index (χ3n) is 4.81. The smallest absolute Gasteiger partial charge is 0.414 e. The maximum absolute atomic E-state index is 12.5. The number of hydrogen-bond acceptors (Lipinski definition) is 6. The molecule has 1 aliphatic rings. The molecule has 31 heavy (non-hydrogen) atoms. The number of amides is 2. The number of rotatable bonds is 5. The normalized spacial score (nSPS) is 17.3. The van der Waals surface area contributed by atoms with Gasteiger partial charge in [0.15, 0.2) is 6.61 Å². The van der Waals surface area contributed by atoms with Crippen LogP contribution in [0.2, 0.25) is 9.36 Å². The number of nitrogens with one attached hydrogen (secondary N) is 3. The molecule has 3 N–H and O–H groups in total. The summed E-state index contributed by atoms with van der Waals surface area (Å²) >= 11 is 13.4. The standard InChI is InChI=1S/C20H17Cl2N3O5S/c1-9(26)29-8-14(27)24-17-11-5-3-2-4-10(11)6-12(17)23-20(28)30-15-7-13-18(25-15)16(21)19(22)31-13/h2-5,7,12,17,25H,6,8H2,1H3,(H,23,28)(H,24,27)/t12-,17-/m1/s1. The zero-order valence-electron chi connectivity index (χ0n) is 16.2. The summed E-state index contributed by atoms with van der Waals surface area (Å²) in [6, 6.07) is 8.25. The van der Waals surface area contributed by atoms with Gasteiger partial charge in [-0.15, -0.1) is 11.3 Å². The van der Waals surface area contributed by atoms with E-state index in [9.17, 15) is 14.4 Å². The second kappa shape index (κ2) is 8.78. The molecule has 4 rings (SSSR count). The first kappa shape index (κ1) is 21.5. The van der Waals surface area contributed by atoms with E-state index in [0.29, 0.717) is 21.3 Å². The number of halogens is 2. The Bertz CT molecular complexity index is 1170. The van der Waals surface area contributed by atoms with Crippen LogP contribution in [0.3, 0.4) is 0 Å². The first-order valence-electron chi connectivity index (χ1n) is 9.27. The number of benzene rings is 1. The van der Waals surface area contributed by atoms with Gasteiger partial charge in [-0.05, 0) is 17.5 Å². The van der Waals surface area contributed by atoms with Crippen molar-refractivity contribution in [3.05, 3.63) is 50.8 Å². The largest absolute Gasteiger partial charge is 0.456 e. The van der Waals surface area contributed by atoms with E-state index in [-0.39, 0.29) is 5.88 Å². The van der Waals surface area contributed by atoms with Gasteiger partial charge in [0.25, 0.3) is 5.91 Å². The van der Waals surface area contributed by atoms with Crippen molar-refractivity contribution in [2.24, 2.45) is 0 Å². The Morgan fingerprint density at radius 1 is 1.23 bits per heavy atom. The maximum atomic E-state index is 12.5. The summed E-state index contributed by atoms with van der Waals surface area (Å²) in [5.41, 5.74) is 2.47. The highest BCUT2D eigenvalue weighted by Crippen LogP contribution is 2.40. The summed E-state index contributed by atoms with van der Waals surface area (Å²) in [7, 11) is 0. The lowest BCUT2D eigenvalue weighted by Gasteiger charge is -2.22. The van der Waals surface area contributed by atoms with Gasteiger partial charge in [0, 0.05) is 13.0 Å². The van der Waals surface area contributed by atoms with Crippen molar-refractivity contribution >= 4 is 62.7 Å². The summed E-state index contributed by atoms with van der Waals surface area (Å²) in [6.07, 6.45) is -0.182. The van der Waals surface area contributed by atoms with Gasteiger partial charge in [-0.3, -0.25) is 9.59 Å². The molecule has 162 valence electrons. The Balaban J connectivity index is 1.45. The van der Waals surface area contributed by atoms with Gasteiger partial charge < -0.3 is 25.1 Å². The first-order valence-corrected chi connectivity index (χ1v) is 10.8. The molecule has 2 heterocycles. The van der Waals surface area contributed by atoms with Crippen LogP contribution in [0.15, 0.2) is 30.3 Å². The predicted octanol–water partition coefficient (Wildman–Crippen LogP) is 3.97. The van der Waals surface area contributed by atoms with Gasteiger partial charge in [0.1, 0.15) is 4.34 Å². The maximum Gasteiger partial charge on any atom is 0.414 e. The van der Waals surface area contributed by atoms with Gasteiger partial charge in [-0.25, -0.2) is 4.79 Å². The topological polar surface area (TPSA) is 110 Å². The number of esters is 1. The summed E-state index contributed by atoms with van der Waals surface area (Å²) in [5.74, 6) is -0.788. The third-order valence-corrected chi connectivity index (χ3v) is 6.74. The van der Waals surface area contributed by atoms with E-state index in [0.717, 1.165) is 15.8 Å². The predicted molar refractivity (Wildman–Crippen MR) is 117 cm³/mol. The van der Waals surface area contributed by atoms with Crippen molar-refractivity contribution in [3.8, 4) is 5.88 Å². The van der Waals surface area contributed by atoms with Crippen LogP contribution in [0.4, 0.5) is 4.79 Å². The highest BCUT2D eigenvalue weighted by atomic mass is 35.5. The summed E-state index contributed by atoms with van der Waals surface area (Å²) in [6.45, 7) is 0.831. The van der Waals surface area contributed by atoms with Crippen LogP contribution in [0, 0.1) is 0 Å². The second-order valence-electron chi connectivity index (χ2n) is 6.93. The molecule has 0 bridgehead atoms. The number of aromatic nitrogens is 1. The molecule has 0 saturated heterocycles. The summed E-state index contributed by atoms with van der Waals surface area (Å²) in [4.78, 5) is 38.6. The molecule has 0 saturated carbocycles. The molecule has 0 aliphatic heterocycles. The van der Waals surface area contributed by atoms with E-state index in [1.807, 2.05) is 24.3 Å². The van der Waals surface area contributed by atoms with E-state index in [2.05, 4.69) is 15.6 Å². The molecule has 0 radical (unpaired) electrons. The first-order chi connectivity index (χ1) is 14.8. The molecular weight excluding hydrogens is 465 g/mol. The fourth-order valence-corrected chi connectivity index (χ4v) is 4.99. The molecule has 1 aliphatic carbocycles. The number of thiophene rings is 1. The molecule has 2 amide bonds. The van der Waals surface area contributed by atoms with Crippen LogP contribution in [-0.4, -0.2) is 35.6 Å². The number of carbonyl (C=O) groups excluding carboxylic acids is 3. The van der Waals surface area contributed by atoms with Crippen LogP contribution in [-0.2, 0) is 20.7 Å². The molecule has 11 heteroatoms. The molecule has 0 fully saturated rings. The van der Waals surface area contributed by atoms with Crippen LogP contribution in [0.25, 0.3) is 10.2 Å². The highest BCUT2D eigenvalue weighted by Gasteiger charge is 2.35. The van der Waals surface area contributed by atoms with E-state index in [1.54, 1.807) is 6.07 Å².